The summed E-state index contributed by atoms with van der Waals surface area (Å²) in [5, 5.41) is 0. The molecule has 3 aromatic heterocycles. The predicted octanol–water partition coefficient (Wildman–Crippen LogP) is 2.16. The van der Waals surface area contributed by atoms with E-state index in [2.05, 4.69) is 16.5 Å². The maximum atomic E-state index is 12.8. The van der Waals surface area contributed by atoms with Gasteiger partial charge in [-0.05, 0) is 30.7 Å². The fourth-order valence-electron chi connectivity index (χ4n) is 3.54. The highest BCUT2D eigenvalue weighted by molar-refractivity contribution is 5.78. The van der Waals surface area contributed by atoms with Crippen LogP contribution < -0.4 is 16.0 Å². The van der Waals surface area contributed by atoms with Crippen LogP contribution in [0.5, 0.6) is 5.75 Å². The van der Waals surface area contributed by atoms with E-state index in [4.69, 9.17) is 4.74 Å². The predicted molar refractivity (Wildman–Crippen MR) is 108 cm³/mol. The molecule has 4 rings (SSSR count). The molecule has 0 saturated carbocycles. The first-order valence-corrected chi connectivity index (χ1v) is 9.29. The third-order valence-corrected chi connectivity index (χ3v) is 5.18. The molecule has 8 heteroatoms. The van der Waals surface area contributed by atoms with Crippen LogP contribution in [0.15, 0.2) is 40.1 Å². The molecule has 28 heavy (non-hydrogen) atoms. The topological polar surface area (TPSA) is 75.5 Å². The number of nitrogens with zero attached hydrogens (tertiary/aromatic N) is 5. The van der Waals surface area contributed by atoms with Gasteiger partial charge in [-0.15, -0.1) is 0 Å². The van der Waals surface area contributed by atoms with E-state index in [9.17, 15) is 9.59 Å². The maximum absolute atomic E-state index is 12.8. The van der Waals surface area contributed by atoms with Crippen LogP contribution in [-0.4, -0.2) is 30.2 Å². The molecule has 0 unspecified atom stereocenters. The Balaban J connectivity index is 2.05. The van der Waals surface area contributed by atoms with E-state index in [-0.39, 0.29) is 11.2 Å². The SMILES string of the molecule is CCCCn1c(-c2ccc(OC)cc2)cn2c3c(=O)n(C)c(=O)n(C)c3nc12. The minimum Gasteiger partial charge on any atom is -0.497 e. The highest BCUT2D eigenvalue weighted by Gasteiger charge is 2.20. The summed E-state index contributed by atoms with van der Waals surface area (Å²) in [7, 11) is 4.76. The van der Waals surface area contributed by atoms with Crippen molar-refractivity contribution in [3.63, 3.8) is 0 Å². The first-order chi connectivity index (χ1) is 13.5. The van der Waals surface area contributed by atoms with Gasteiger partial charge >= 0.3 is 5.69 Å². The summed E-state index contributed by atoms with van der Waals surface area (Å²) in [6.45, 7) is 2.90. The normalized spacial score (nSPS) is 11.6. The van der Waals surface area contributed by atoms with Gasteiger partial charge in [0.25, 0.3) is 5.56 Å². The average Bonchev–Trinajstić information content (AvgIpc) is 3.25. The second kappa shape index (κ2) is 6.70. The fraction of sp³-hybridized carbons (Fsp3) is 0.350. The number of benzene rings is 1. The average molecular weight is 381 g/mol. The Morgan fingerprint density at radius 2 is 1.79 bits per heavy atom. The largest absolute Gasteiger partial charge is 0.497 e. The summed E-state index contributed by atoms with van der Waals surface area (Å²) in [5.74, 6) is 1.45. The van der Waals surface area contributed by atoms with Crippen molar-refractivity contribution >= 4 is 16.9 Å². The number of hydrogen-bond acceptors (Lipinski definition) is 4. The van der Waals surface area contributed by atoms with E-state index >= 15 is 0 Å². The van der Waals surface area contributed by atoms with Gasteiger partial charge in [0, 0.05) is 32.4 Å². The minimum atomic E-state index is -0.381. The summed E-state index contributed by atoms with van der Waals surface area (Å²) in [6, 6.07) is 7.81. The van der Waals surface area contributed by atoms with E-state index in [1.54, 1.807) is 18.6 Å². The van der Waals surface area contributed by atoms with Gasteiger partial charge in [-0.3, -0.25) is 18.3 Å². The van der Waals surface area contributed by atoms with E-state index < -0.39 is 0 Å². The zero-order chi connectivity index (χ0) is 20.0. The molecule has 0 aliphatic heterocycles. The number of rotatable bonds is 5. The molecule has 0 atom stereocenters. The number of unbranched alkanes of at least 4 members (excludes halogenated alkanes) is 1. The van der Waals surface area contributed by atoms with Gasteiger partial charge in [-0.1, -0.05) is 13.3 Å². The van der Waals surface area contributed by atoms with Crippen molar-refractivity contribution < 1.29 is 4.74 Å². The first-order valence-electron chi connectivity index (χ1n) is 9.29. The molecule has 0 N–H and O–H groups in total. The molecule has 0 aliphatic rings. The standard InChI is InChI=1S/C20H23N5O3/c1-5-6-11-24-15(13-7-9-14(28-4)10-8-13)12-25-16-17(21-19(24)25)22(2)20(27)23(3)18(16)26/h7-10,12H,5-6,11H2,1-4H3. The van der Waals surface area contributed by atoms with Gasteiger partial charge in [-0.2, -0.15) is 4.98 Å². The smallest absolute Gasteiger partial charge is 0.332 e. The molecular formula is C20H23N5O3. The van der Waals surface area contributed by atoms with E-state index in [1.807, 2.05) is 30.5 Å². The molecule has 0 amide bonds. The molecule has 1 aromatic carbocycles. The Labute approximate surface area is 161 Å². The molecular weight excluding hydrogens is 358 g/mol. The maximum Gasteiger partial charge on any atom is 0.332 e. The lowest BCUT2D eigenvalue weighted by atomic mass is 10.1. The van der Waals surface area contributed by atoms with Gasteiger partial charge in [-0.25, -0.2) is 4.79 Å². The van der Waals surface area contributed by atoms with Crippen LogP contribution >= 0.6 is 0 Å². The molecule has 4 aromatic rings. The minimum absolute atomic E-state index is 0.348. The molecule has 146 valence electrons. The number of aromatic nitrogens is 5. The Bertz CT molecular complexity index is 1290. The van der Waals surface area contributed by atoms with Crippen LogP contribution in [0, 0.1) is 0 Å². The monoisotopic (exact) mass is 381 g/mol. The van der Waals surface area contributed by atoms with Crippen LogP contribution in [0.1, 0.15) is 19.8 Å². The summed E-state index contributed by atoms with van der Waals surface area (Å²) in [6.07, 6.45) is 3.94. The number of imidazole rings is 2. The van der Waals surface area contributed by atoms with Crippen LogP contribution in [-0.2, 0) is 20.6 Å². The van der Waals surface area contributed by atoms with E-state index in [0.29, 0.717) is 16.9 Å². The van der Waals surface area contributed by atoms with E-state index in [0.717, 1.165) is 41.0 Å². The lowest BCUT2D eigenvalue weighted by Gasteiger charge is -2.09. The second-order valence-electron chi connectivity index (χ2n) is 6.91. The Kier molecular flexibility index (Phi) is 4.33. The molecule has 8 nitrogen and oxygen atoms in total. The van der Waals surface area contributed by atoms with Gasteiger partial charge in [0.1, 0.15) is 5.75 Å². The molecule has 0 radical (unpaired) electrons. The highest BCUT2D eigenvalue weighted by atomic mass is 16.5. The van der Waals surface area contributed by atoms with Crippen molar-refractivity contribution in [1.29, 1.82) is 0 Å². The van der Waals surface area contributed by atoms with Crippen LogP contribution in [0.3, 0.4) is 0 Å². The van der Waals surface area contributed by atoms with Crippen LogP contribution in [0.4, 0.5) is 0 Å². The number of ether oxygens (including phenoxy) is 1. The van der Waals surface area contributed by atoms with Crippen molar-refractivity contribution in [2.45, 2.75) is 26.3 Å². The van der Waals surface area contributed by atoms with Crippen molar-refractivity contribution in [1.82, 2.24) is 23.1 Å². The van der Waals surface area contributed by atoms with Gasteiger partial charge in [0.15, 0.2) is 11.2 Å². The van der Waals surface area contributed by atoms with E-state index in [1.165, 1.54) is 11.6 Å². The Morgan fingerprint density at radius 1 is 1.07 bits per heavy atom. The first kappa shape index (κ1) is 18.1. The van der Waals surface area contributed by atoms with Crippen LogP contribution in [0.25, 0.3) is 28.2 Å². The molecule has 0 spiro atoms. The lowest BCUT2D eigenvalue weighted by molar-refractivity contribution is 0.415. The van der Waals surface area contributed by atoms with Crippen LogP contribution in [0.2, 0.25) is 0 Å². The second-order valence-corrected chi connectivity index (χ2v) is 6.91. The van der Waals surface area contributed by atoms with Gasteiger partial charge < -0.3 is 9.30 Å². The number of methoxy groups -OCH3 is 1. The summed E-state index contributed by atoms with van der Waals surface area (Å²) >= 11 is 0. The van der Waals surface area contributed by atoms with Crippen molar-refractivity contribution in [3.8, 4) is 17.0 Å². The zero-order valence-electron chi connectivity index (χ0n) is 16.5. The number of hydrogen-bond donors (Lipinski definition) is 0. The van der Waals surface area contributed by atoms with Gasteiger partial charge in [0.2, 0.25) is 5.78 Å². The molecule has 0 aliphatic carbocycles. The number of aryl methyl sites for hydroxylation is 2. The highest BCUT2D eigenvalue weighted by Crippen LogP contribution is 2.27. The van der Waals surface area contributed by atoms with Crippen molar-refractivity contribution in [2.24, 2.45) is 14.1 Å². The Hall–Kier alpha value is -3.29. The summed E-state index contributed by atoms with van der Waals surface area (Å²) in [5.41, 5.74) is 2.06. The summed E-state index contributed by atoms with van der Waals surface area (Å²) in [4.78, 5) is 29.7. The van der Waals surface area contributed by atoms with Gasteiger partial charge in [0.05, 0.1) is 12.8 Å². The molecule has 0 fully saturated rings. The fourth-order valence-corrected chi connectivity index (χ4v) is 3.54. The Morgan fingerprint density at radius 3 is 2.43 bits per heavy atom. The lowest BCUT2D eigenvalue weighted by Crippen LogP contribution is -2.37. The quantitative estimate of drug-likeness (QED) is 0.531. The van der Waals surface area contributed by atoms with Crippen molar-refractivity contribution in [3.05, 3.63) is 51.3 Å². The third kappa shape index (κ3) is 2.56. The molecule has 0 bridgehead atoms. The zero-order valence-corrected chi connectivity index (χ0v) is 16.5. The third-order valence-electron chi connectivity index (χ3n) is 5.18. The summed E-state index contributed by atoms with van der Waals surface area (Å²) < 4.78 is 11.7. The van der Waals surface area contributed by atoms with Crippen molar-refractivity contribution in [2.75, 3.05) is 7.11 Å². The number of fused-ring (bicyclic) bond motifs is 3. The molecule has 0 saturated heterocycles. The molecule has 3 heterocycles.